The lowest BCUT2D eigenvalue weighted by Crippen LogP contribution is -2.70. The minimum atomic E-state index is -1.47. The Balaban J connectivity index is 1.42. The molecule has 3 aromatic rings. The van der Waals surface area contributed by atoms with Gasteiger partial charge in [-0.15, -0.1) is 6.58 Å². The molecule has 4 aliphatic rings. The Bertz CT molecular complexity index is 1900. The zero-order valence-corrected chi connectivity index (χ0v) is 31.9. The molecule has 0 bridgehead atoms. The van der Waals surface area contributed by atoms with Crippen LogP contribution < -0.4 is 14.2 Å². The summed E-state index contributed by atoms with van der Waals surface area (Å²) in [4.78, 5) is 22.0. The highest BCUT2D eigenvalue weighted by atomic mass is 16.7. The molecule has 56 heavy (non-hydrogen) atoms. The van der Waals surface area contributed by atoms with E-state index in [1.807, 2.05) is 48.5 Å². The Morgan fingerprint density at radius 3 is 2.50 bits per heavy atom. The molecule has 0 aromatic heterocycles. The van der Waals surface area contributed by atoms with Gasteiger partial charge >= 0.3 is 6.09 Å². The zero-order chi connectivity index (χ0) is 39.1. The predicted molar refractivity (Wildman–Crippen MR) is 208 cm³/mol. The number of fused-ring (bicyclic) bond motifs is 3. The largest absolute Gasteiger partial charge is 0.508 e. The summed E-state index contributed by atoms with van der Waals surface area (Å²) in [5.41, 5.74) is 4.14. The number of amides is 1. The molecule has 12 nitrogen and oxygen atoms in total. The van der Waals surface area contributed by atoms with Crippen LogP contribution in [0.1, 0.15) is 67.6 Å². The lowest BCUT2D eigenvalue weighted by atomic mass is 9.55. The number of hydrogen-bond donors (Lipinski definition) is 3. The third-order valence-corrected chi connectivity index (χ3v) is 11.5. The van der Waals surface area contributed by atoms with Gasteiger partial charge in [-0.1, -0.05) is 66.5 Å². The first-order chi connectivity index (χ1) is 27.4. The highest BCUT2D eigenvalue weighted by molar-refractivity contribution is 6.03. The van der Waals surface area contributed by atoms with E-state index >= 15 is 0 Å². The Kier molecular flexibility index (Phi) is 12.5. The monoisotopic (exact) mass is 768 g/mol. The van der Waals surface area contributed by atoms with E-state index in [9.17, 15) is 20.1 Å². The molecule has 1 fully saturated rings. The maximum atomic E-state index is 14.2. The van der Waals surface area contributed by atoms with Crippen molar-refractivity contribution in [3.8, 4) is 23.0 Å². The minimum Gasteiger partial charge on any atom is -0.508 e. The van der Waals surface area contributed by atoms with Gasteiger partial charge in [-0.3, -0.25) is 4.90 Å². The number of allylic oxidation sites excluding steroid dienone is 1. The van der Waals surface area contributed by atoms with E-state index in [-0.39, 0.29) is 69.7 Å². The normalized spacial score (nSPS) is 25.0. The molecule has 0 spiro atoms. The molecule has 0 radical (unpaired) electrons. The van der Waals surface area contributed by atoms with Gasteiger partial charge in [-0.25, -0.2) is 4.79 Å². The fourth-order valence-electron chi connectivity index (χ4n) is 9.07. The number of benzene rings is 3. The number of phenols is 1. The lowest BCUT2D eigenvalue weighted by molar-refractivity contribution is -0.256. The van der Waals surface area contributed by atoms with Crippen LogP contribution in [0.15, 0.2) is 96.2 Å². The Hall–Kier alpha value is -5.04. The van der Waals surface area contributed by atoms with E-state index in [4.69, 9.17) is 33.7 Å². The molecule has 12 heteroatoms. The highest BCUT2D eigenvalue weighted by Gasteiger charge is 2.65. The minimum absolute atomic E-state index is 0.0239. The summed E-state index contributed by atoms with van der Waals surface area (Å²) in [6.07, 6.45) is 8.07. The van der Waals surface area contributed by atoms with E-state index in [0.29, 0.717) is 35.8 Å². The van der Waals surface area contributed by atoms with Crippen LogP contribution >= 0.6 is 0 Å². The van der Waals surface area contributed by atoms with Crippen molar-refractivity contribution in [1.82, 2.24) is 4.90 Å². The van der Waals surface area contributed by atoms with Crippen LogP contribution in [0.5, 0.6) is 23.0 Å². The van der Waals surface area contributed by atoms with Crippen LogP contribution in [-0.2, 0) is 27.5 Å². The number of ether oxygens (including phenoxy) is 5. The summed E-state index contributed by atoms with van der Waals surface area (Å²) < 4.78 is 30.9. The first-order valence-corrected chi connectivity index (χ1v) is 19.6. The van der Waals surface area contributed by atoms with Crippen molar-refractivity contribution in [3.63, 3.8) is 0 Å². The van der Waals surface area contributed by atoms with Gasteiger partial charge in [0.2, 0.25) is 12.6 Å². The van der Waals surface area contributed by atoms with Gasteiger partial charge in [0.05, 0.1) is 25.3 Å². The third kappa shape index (κ3) is 7.96. The molecule has 298 valence electrons. The van der Waals surface area contributed by atoms with Crippen molar-refractivity contribution in [3.05, 3.63) is 108 Å². The second-order valence-electron chi connectivity index (χ2n) is 14.8. The van der Waals surface area contributed by atoms with Gasteiger partial charge in [-0.05, 0) is 84.6 Å². The number of hydrogen-bond acceptors (Lipinski definition) is 11. The third-order valence-electron chi connectivity index (χ3n) is 11.5. The number of aromatic hydroxyl groups is 1. The van der Waals surface area contributed by atoms with Gasteiger partial charge in [0.1, 0.15) is 24.1 Å². The summed E-state index contributed by atoms with van der Waals surface area (Å²) in [7, 11) is 1.36. The van der Waals surface area contributed by atoms with Crippen molar-refractivity contribution >= 4 is 11.8 Å². The average Bonchev–Trinajstić information content (AvgIpc) is 3.69. The Morgan fingerprint density at radius 1 is 0.964 bits per heavy atom. The molecule has 0 saturated heterocycles. The fraction of sp³-hybridized carbons (Fsp3) is 0.455. The van der Waals surface area contributed by atoms with E-state index in [0.717, 1.165) is 47.9 Å². The number of aliphatic hydroxyl groups excluding tert-OH is 2. The molecule has 2 aliphatic heterocycles. The van der Waals surface area contributed by atoms with Crippen LogP contribution in [0.25, 0.3) is 0 Å². The molecular formula is C44H52N2O10. The Morgan fingerprint density at radius 2 is 1.73 bits per heavy atom. The molecule has 0 unspecified atom stereocenters. The second kappa shape index (κ2) is 17.8. The average molecular weight is 769 g/mol. The molecule has 3 N–H and O–H groups in total. The topological polar surface area (TPSA) is 149 Å². The number of methoxy groups -OCH3 is 1. The number of nitrogens with zero attached hydrogens (tertiary/aromatic N) is 2. The quantitative estimate of drug-likeness (QED) is 0.0730. The van der Waals surface area contributed by atoms with Gasteiger partial charge in [0, 0.05) is 37.7 Å². The van der Waals surface area contributed by atoms with Crippen molar-refractivity contribution in [2.24, 2.45) is 22.9 Å². The van der Waals surface area contributed by atoms with Crippen molar-refractivity contribution < 1.29 is 48.6 Å². The maximum Gasteiger partial charge on any atom is 0.410 e. The van der Waals surface area contributed by atoms with E-state index in [2.05, 4.69) is 12.7 Å². The van der Waals surface area contributed by atoms with Gasteiger partial charge in [0.15, 0.2) is 11.5 Å². The van der Waals surface area contributed by atoms with Gasteiger partial charge < -0.3 is 43.8 Å². The smallest absolute Gasteiger partial charge is 0.410 e. The zero-order valence-electron chi connectivity index (χ0n) is 31.9. The molecule has 6 atom stereocenters. The van der Waals surface area contributed by atoms with Crippen LogP contribution in [0.2, 0.25) is 0 Å². The van der Waals surface area contributed by atoms with Crippen LogP contribution in [0.3, 0.4) is 0 Å². The van der Waals surface area contributed by atoms with Crippen LogP contribution in [-0.4, -0.2) is 77.6 Å². The number of phenolic OH excluding ortho intramolecular Hbond substituents is 1. The number of carbonyl (C=O) groups is 1. The summed E-state index contributed by atoms with van der Waals surface area (Å²) in [6, 6.07) is 19.7. The number of carbonyl (C=O) groups excluding carboxylic acids is 1. The van der Waals surface area contributed by atoms with Gasteiger partial charge in [0.25, 0.3) is 0 Å². The number of oxime groups is 1. The van der Waals surface area contributed by atoms with Crippen molar-refractivity contribution in [2.45, 2.75) is 75.8 Å². The van der Waals surface area contributed by atoms with E-state index < -0.39 is 23.8 Å². The first kappa shape index (κ1) is 39.2. The fourth-order valence-corrected chi connectivity index (χ4v) is 9.07. The summed E-state index contributed by atoms with van der Waals surface area (Å²) in [6.45, 7) is 4.76. The summed E-state index contributed by atoms with van der Waals surface area (Å²) in [5, 5.41) is 35.5. The van der Waals surface area contributed by atoms with E-state index in [1.54, 1.807) is 29.2 Å². The predicted octanol–water partition coefficient (Wildman–Crippen LogP) is 7.22. The molecule has 1 amide bonds. The summed E-state index contributed by atoms with van der Waals surface area (Å²) in [5.74, 6) is -0.296. The number of unbranched alkanes of at least 4 members (excludes halogenated alkanes) is 2. The Labute approximate surface area is 327 Å². The second-order valence-corrected chi connectivity index (χ2v) is 14.8. The lowest BCUT2D eigenvalue weighted by Gasteiger charge is -2.59. The molecule has 2 aliphatic carbocycles. The standard InChI is InChI=1S/C44H52N2O10/c1-3-21-54-44-40(46(43(50)51-2)26-30-15-17-38-39(22-30)53-28-52-38)25-36(45-55-27-29-11-5-4-6-12-29)34-23-31(13-7-9-19-47)33(14-8-10-20-48)41(42(34)44)35-24-32(49)16-18-37(35)56-44/h3-6,11-12,15-18,22-24,31,33,40-42,47-49H,1,7-10,13-14,19-21,25-28H2,2H3/t31-,33+,40-,41+,42+,44+/m0/s1. The molecule has 1 saturated carbocycles. The number of rotatable bonds is 17. The molecular weight excluding hydrogens is 716 g/mol. The van der Waals surface area contributed by atoms with Crippen molar-refractivity contribution in [2.75, 3.05) is 33.7 Å². The highest BCUT2D eigenvalue weighted by Crippen LogP contribution is 2.62. The molecule has 3 aromatic carbocycles. The maximum absolute atomic E-state index is 14.2. The van der Waals surface area contributed by atoms with Crippen LogP contribution in [0.4, 0.5) is 4.79 Å². The summed E-state index contributed by atoms with van der Waals surface area (Å²) >= 11 is 0. The van der Waals surface area contributed by atoms with Gasteiger partial charge in [-0.2, -0.15) is 0 Å². The van der Waals surface area contributed by atoms with E-state index in [1.165, 1.54) is 7.11 Å². The SMILES string of the molecule is C=CCO[C@@]12Oc3ccc(O)cc3[C@H]3[C@H](CCCCO)[C@@H](CCCCO)C=C(C(=NOCc4ccccc4)C[C@@H]1N(Cc1ccc4c(c1)OCO4)C(=O)OC)[C@H]32. The first-order valence-electron chi connectivity index (χ1n) is 19.6. The van der Waals surface area contributed by atoms with Crippen LogP contribution in [0, 0.1) is 17.8 Å². The molecule has 7 rings (SSSR count). The number of aliphatic hydroxyl groups is 2. The van der Waals surface area contributed by atoms with Crippen molar-refractivity contribution in [1.29, 1.82) is 0 Å². The molecule has 2 heterocycles.